The first kappa shape index (κ1) is 56.7. The van der Waals surface area contributed by atoms with E-state index in [1.165, 1.54) is 83.5 Å². The highest BCUT2D eigenvalue weighted by atomic mass is 31.2. The van der Waals surface area contributed by atoms with Gasteiger partial charge in [0.1, 0.15) is 19.8 Å². The van der Waals surface area contributed by atoms with Crippen LogP contribution in [0.15, 0.2) is 60.8 Å². The summed E-state index contributed by atoms with van der Waals surface area (Å²) in [5, 5.41) is 10.3. The summed E-state index contributed by atoms with van der Waals surface area (Å²) in [6.45, 7) is 4.16. The standard InChI is InChI=1S/C48H86NO9P/c1-6-8-10-12-14-16-18-20-21-22-23-25-27-29-31-33-35-39-48(52)58-46(44-57-59(53,54)56-42-41-49(3,4)5)43-55-47(51)40-36-38-45(50)37-34-32-30-28-26-24-19-17-15-13-11-9-7-2/h15,17,20-21,24,26,30,32,34,37,45-46,50H,6-14,16,18-19,22-23,25,27-29,31,33,35-36,38-44H2,1-5H3/p+1/b17-15-,21-20-,26-24-,32-30-,37-34+/t45-,46-/m1/s1. The highest BCUT2D eigenvalue weighted by Crippen LogP contribution is 2.43. The fraction of sp³-hybridized carbons (Fsp3) is 0.750. The zero-order chi connectivity index (χ0) is 43.7. The number of hydrogen-bond donors (Lipinski definition) is 2. The zero-order valence-corrected chi connectivity index (χ0v) is 39.0. The van der Waals surface area contributed by atoms with Crippen molar-refractivity contribution in [3.63, 3.8) is 0 Å². The van der Waals surface area contributed by atoms with Crippen molar-refractivity contribution >= 4 is 19.8 Å². The smallest absolute Gasteiger partial charge is 0.462 e. The van der Waals surface area contributed by atoms with Gasteiger partial charge in [-0.25, -0.2) is 4.57 Å². The average molecular weight is 853 g/mol. The fourth-order valence-corrected chi connectivity index (χ4v) is 6.68. The number of carbonyl (C=O) groups excluding carboxylic acids is 2. The fourth-order valence-electron chi connectivity index (χ4n) is 5.93. The molecule has 10 nitrogen and oxygen atoms in total. The highest BCUT2D eigenvalue weighted by molar-refractivity contribution is 7.47. The lowest BCUT2D eigenvalue weighted by atomic mass is 10.1. The first-order valence-corrected chi connectivity index (χ1v) is 24.6. The van der Waals surface area contributed by atoms with E-state index < -0.39 is 38.6 Å². The van der Waals surface area contributed by atoms with Crippen LogP contribution in [-0.2, 0) is 32.7 Å². The Morgan fingerprint density at radius 1 is 0.610 bits per heavy atom. The topological polar surface area (TPSA) is 129 Å². The van der Waals surface area contributed by atoms with Gasteiger partial charge in [-0.15, -0.1) is 0 Å². The SMILES string of the molecule is CCCCC/C=C\C/C=C\C/C=C\C=C\[C@@H](O)CCCC(=O)OC[C@H](COP(=O)(O)OCC[N+](C)(C)C)OC(=O)CCCCCCCCC/C=C\CCCCCCCC. The Kier molecular flexibility index (Phi) is 38.2. The van der Waals surface area contributed by atoms with E-state index in [0.29, 0.717) is 30.3 Å². The Labute approximate surface area is 360 Å². The first-order valence-electron chi connectivity index (χ1n) is 23.1. The maximum atomic E-state index is 12.7. The first-order chi connectivity index (χ1) is 28.4. The van der Waals surface area contributed by atoms with E-state index in [1.54, 1.807) is 12.2 Å². The minimum atomic E-state index is -4.42. The van der Waals surface area contributed by atoms with Crippen LogP contribution in [0.1, 0.15) is 174 Å². The lowest BCUT2D eigenvalue weighted by molar-refractivity contribution is -0.870. The molecule has 0 fully saturated rings. The number of phosphoric acid groups is 1. The van der Waals surface area contributed by atoms with Gasteiger partial charge >= 0.3 is 19.8 Å². The predicted molar refractivity (Wildman–Crippen MR) is 244 cm³/mol. The van der Waals surface area contributed by atoms with Crippen LogP contribution in [0.25, 0.3) is 0 Å². The second-order valence-corrected chi connectivity index (χ2v) is 18.1. The number of hydrogen-bond acceptors (Lipinski definition) is 8. The molecular formula is C48H87NO9P+. The van der Waals surface area contributed by atoms with Crippen LogP contribution in [0.5, 0.6) is 0 Å². The number of nitrogens with zero attached hydrogens (tertiary/aromatic N) is 1. The molecule has 0 amide bonds. The van der Waals surface area contributed by atoms with E-state index in [1.807, 2.05) is 33.3 Å². The molecule has 0 heterocycles. The molecule has 0 aromatic carbocycles. The van der Waals surface area contributed by atoms with Crippen LogP contribution >= 0.6 is 7.82 Å². The van der Waals surface area contributed by atoms with Gasteiger partial charge in [-0.2, -0.15) is 0 Å². The largest absolute Gasteiger partial charge is 0.472 e. The van der Waals surface area contributed by atoms with E-state index in [-0.39, 0.29) is 26.1 Å². The van der Waals surface area contributed by atoms with Gasteiger partial charge < -0.3 is 24.0 Å². The summed E-state index contributed by atoms with van der Waals surface area (Å²) in [6.07, 6.45) is 44.4. The average Bonchev–Trinajstić information content (AvgIpc) is 3.18. The third-order valence-corrected chi connectivity index (χ3v) is 10.6. The van der Waals surface area contributed by atoms with Gasteiger partial charge in [0, 0.05) is 12.8 Å². The Bertz CT molecular complexity index is 1210. The van der Waals surface area contributed by atoms with Gasteiger partial charge in [0.05, 0.1) is 33.9 Å². The zero-order valence-electron chi connectivity index (χ0n) is 38.1. The molecule has 342 valence electrons. The molecule has 1 unspecified atom stereocenters. The minimum absolute atomic E-state index is 0.000884. The van der Waals surface area contributed by atoms with Crippen molar-refractivity contribution in [2.45, 2.75) is 187 Å². The Balaban J connectivity index is 4.53. The molecule has 11 heteroatoms. The van der Waals surface area contributed by atoms with Gasteiger partial charge in [0.15, 0.2) is 6.10 Å². The normalized spacial score (nSPS) is 14.6. The van der Waals surface area contributed by atoms with Crippen molar-refractivity contribution in [2.75, 3.05) is 47.5 Å². The van der Waals surface area contributed by atoms with Gasteiger partial charge in [-0.1, -0.05) is 152 Å². The van der Waals surface area contributed by atoms with Gasteiger partial charge in [-0.3, -0.25) is 18.6 Å². The van der Waals surface area contributed by atoms with Crippen molar-refractivity contribution in [3.8, 4) is 0 Å². The molecule has 0 aromatic heterocycles. The predicted octanol–water partition coefficient (Wildman–Crippen LogP) is 12.2. The summed E-state index contributed by atoms with van der Waals surface area (Å²) in [7, 11) is 1.37. The molecule has 0 spiro atoms. The third-order valence-electron chi connectivity index (χ3n) is 9.62. The molecule has 2 N–H and O–H groups in total. The molecular weight excluding hydrogens is 765 g/mol. The van der Waals surface area contributed by atoms with Gasteiger partial charge in [0.2, 0.25) is 0 Å². The summed E-state index contributed by atoms with van der Waals surface area (Å²) >= 11 is 0. The van der Waals surface area contributed by atoms with Crippen molar-refractivity contribution in [1.82, 2.24) is 0 Å². The molecule has 3 atom stereocenters. The molecule has 0 aromatic rings. The number of unbranched alkanes of at least 4 members (excludes halogenated alkanes) is 16. The molecule has 0 saturated carbocycles. The maximum Gasteiger partial charge on any atom is 0.472 e. The monoisotopic (exact) mass is 853 g/mol. The van der Waals surface area contributed by atoms with Crippen LogP contribution in [0.4, 0.5) is 0 Å². The number of carbonyl (C=O) groups is 2. The van der Waals surface area contributed by atoms with Gasteiger partial charge in [0.25, 0.3) is 0 Å². The summed E-state index contributed by atoms with van der Waals surface area (Å²) in [5.41, 5.74) is 0. The molecule has 0 rings (SSSR count). The number of phosphoric ester groups is 1. The quantitative estimate of drug-likeness (QED) is 0.0154. The van der Waals surface area contributed by atoms with Crippen LogP contribution in [0.2, 0.25) is 0 Å². The van der Waals surface area contributed by atoms with E-state index in [4.69, 9.17) is 18.5 Å². The Hall–Kier alpha value is -2.33. The van der Waals surface area contributed by atoms with E-state index >= 15 is 0 Å². The number of quaternary nitrogens is 1. The molecule has 59 heavy (non-hydrogen) atoms. The lowest BCUT2D eigenvalue weighted by Crippen LogP contribution is -2.37. The van der Waals surface area contributed by atoms with E-state index in [9.17, 15) is 24.2 Å². The van der Waals surface area contributed by atoms with Crippen LogP contribution < -0.4 is 0 Å². The van der Waals surface area contributed by atoms with Crippen LogP contribution in [-0.4, -0.2) is 86.1 Å². The lowest BCUT2D eigenvalue weighted by Gasteiger charge is -2.24. The van der Waals surface area contributed by atoms with E-state index in [0.717, 1.165) is 44.9 Å². The van der Waals surface area contributed by atoms with Crippen molar-refractivity contribution in [3.05, 3.63) is 60.8 Å². The molecule has 0 bridgehead atoms. The number of ether oxygens (including phenoxy) is 2. The molecule has 0 aliphatic carbocycles. The molecule has 0 saturated heterocycles. The highest BCUT2D eigenvalue weighted by Gasteiger charge is 2.27. The summed E-state index contributed by atoms with van der Waals surface area (Å²) in [6, 6.07) is 0. The van der Waals surface area contributed by atoms with Crippen LogP contribution in [0.3, 0.4) is 0 Å². The summed E-state index contributed by atoms with van der Waals surface area (Å²) in [4.78, 5) is 35.4. The second-order valence-electron chi connectivity index (χ2n) is 16.6. The number of esters is 2. The number of allylic oxidation sites excluding steroid dienone is 9. The summed E-state index contributed by atoms with van der Waals surface area (Å²) < 4.78 is 34.2. The number of rotatable bonds is 41. The summed E-state index contributed by atoms with van der Waals surface area (Å²) in [5.74, 6) is -1.01. The minimum Gasteiger partial charge on any atom is -0.462 e. The number of aliphatic hydroxyl groups excluding tert-OH is 1. The number of likely N-dealkylation sites (N-methyl/N-ethyl adjacent to an activating group) is 1. The number of aliphatic hydroxyl groups is 1. The van der Waals surface area contributed by atoms with Crippen molar-refractivity contribution in [2.24, 2.45) is 0 Å². The Morgan fingerprint density at radius 2 is 1.12 bits per heavy atom. The second kappa shape index (κ2) is 39.8. The molecule has 0 aliphatic heterocycles. The van der Waals surface area contributed by atoms with Crippen LogP contribution in [0, 0.1) is 0 Å². The maximum absolute atomic E-state index is 12.7. The molecule has 0 aliphatic rings. The molecule has 0 radical (unpaired) electrons. The Morgan fingerprint density at radius 3 is 1.75 bits per heavy atom. The van der Waals surface area contributed by atoms with Crippen molar-refractivity contribution in [1.29, 1.82) is 0 Å². The van der Waals surface area contributed by atoms with Gasteiger partial charge in [-0.05, 0) is 70.6 Å². The van der Waals surface area contributed by atoms with E-state index in [2.05, 4.69) is 50.3 Å². The van der Waals surface area contributed by atoms with Crippen molar-refractivity contribution < 1.29 is 47.2 Å². The third kappa shape index (κ3) is 43.6.